The number of rotatable bonds is 5. The van der Waals surface area contributed by atoms with Crippen molar-refractivity contribution in [2.24, 2.45) is 0 Å². The van der Waals surface area contributed by atoms with Gasteiger partial charge in [0.1, 0.15) is 11.6 Å². The van der Waals surface area contributed by atoms with Crippen molar-refractivity contribution in [2.75, 3.05) is 18.0 Å². The molecule has 0 radical (unpaired) electrons. The van der Waals surface area contributed by atoms with E-state index in [0.717, 1.165) is 25.1 Å². The molecule has 0 amide bonds. The van der Waals surface area contributed by atoms with E-state index in [1.807, 2.05) is 12.1 Å². The van der Waals surface area contributed by atoms with Gasteiger partial charge in [0.25, 0.3) is 0 Å². The van der Waals surface area contributed by atoms with Gasteiger partial charge in [-0.05, 0) is 24.1 Å². The van der Waals surface area contributed by atoms with Crippen LogP contribution in [0.25, 0.3) is 0 Å². The molecule has 23 heavy (non-hydrogen) atoms. The van der Waals surface area contributed by atoms with E-state index in [0.29, 0.717) is 5.56 Å². The normalized spacial score (nSPS) is 16.7. The lowest BCUT2D eigenvalue weighted by molar-refractivity contribution is 0.462. The van der Waals surface area contributed by atoms with Gasteiger partial charge in [0, 0.05) is 36.3 Å². The molecular weight excluding hydrogens is 313 g/mol. The summed E-state index contributed by atoms with van der Waals surface area (Å²) in [6.07, 6.45) is 3.52. The van der Waals surface area contributed by atoms with Gasteiger partial charge in [-0.2, -0.15) is 0 Å². The summed E-state index contributed by atoms with van der Waals surface area (Å²) in [5, 5.41) is 10.2. The van der Waals surface area contributed by atoms with E-state index in [2.05, 4.69) is 24.0 Å². The van der Waals surface area contributed by atoms with Crippen molar-refractivity contribution >= 4 is 17.3 Å². The van der Waals surface area contributed by atoms with Crippen LogP contribution in [-0.2, 0) is 0 Å². The highest BCUT2D eigenvalue weighted by Crippen LogP contribution is 2.43. The first-order valence-corrected chi connectivity index (χ1v) is 8.51. The largest absolute Gasteiger partial charge is 0.508 e. The fourth-order valence-electron chi connectivity index (χ4n) is 3.35. The first-order chi connectivity index (χ1) is 11.1. The molecule has 0 aromatic heterocycles. The van der Waals surface area contributed by atoms with Gasteiger partial charge in [-0.3, -0.25) is 0 Å². The molecule has 2 aromatic rings. The summed E-state index contributed by atoms with van der Waals surface area (Å²) in [5.74, 6) is -0.451. The predicted octanol–water partition coefficient (Wildman–Crippen LogP) is 5.33. The Morgan fingerprint density at radius 2 is 2.00 bits per heavy atom. The lowest BCUT2D eigenvalue weighted by atomic mass is 9.92. The molecule has 0 aliphatic carbocycles. The molecule has 0 fully saturated rings. The maximum atomic E-state index is 13.9. The van der Waals surface area contributed by atoms with Crippen molar-refractivity contribution in [1.82, 2.24) is 0 Å². The monoisotopic (exact) mass is 333 g/mol. The van der Waals surface area contributed by atoms with Gasteiger partial charge >= 0.3 is 0 Å². The molecule has 2 nitrogen and oxygen atoms in total. The van der Waals surface area contributed by atoms with Crippen LogP contribution in [0.1, 0.15) is 43.2 Å². The highest BCUT2D eigenvalue weighted by Gasteiger charge is 2.31. The van der Waals surface area contributed by atoms with Crippen LogP contribution in [0.5, 0.6) is 5.75 Å². The number of hydrogen-bond donors (Lipinski definition) is 1. The van der Waals surface area contributed by atoms with Crippen molar-refractivity contribution in [3.63, 3.8) is 0 Å². The molecule has 1 heterocycles. The van der Waals surface area contributed by atoms with Crippen molar-refractivity contribution in [1.29, 1.82) is 0 Å². The summed E-state index contributed by atoms with van der Waals surface area (Å²) in [5.41, 5.74) is 2.93. The van der Waals surface area contributed by atoms with Crippen LogP contribution >= 0.6 is 11.6 Å². The van der Waals surface area contributed by atoms with E-state index < -0.39 is 5.82 Å². The first kappa shape index (κ1) is 16.1. The Hall–Kier alpha value is -1.74. The van der Waals surface area contributed by atoms with Crippen LogP contribution in [0, 0.1) is 5.82 Å². The Labute approximate surface area is 141 Å². The Kier molecular flexibility index (Phi) is 4.76. The Morgan fingerprint density at radius 1 is 1.22 bits per heavy atom. The van der Waals surface area contributed by atoms with Crippen LogP contribution in [0.4, 0.5) is 10.1 Å². The molecule has 1 N–H and O–H groups in total. The molecular formula is C19H21ClFNO. The standard InChI is InChI=1S/C19H21ClFNO/c1-2-3-6-9-22-12-15(13-7-4-5-8-18(13)22)14-10-17(21)16(20)11-19(14)23/h4-5,7-8,10-11,15,23H,2-3,6,9,12H2,1H3. The van der Waals surface area contributed by atoms with Gasteiger partial charge in [0.05, 0.1) is 5.02 Å². The number of halogens is 2. The van der Waals surface area contributed by atoms with Crippen LogP contribution in [0.3, 0.4) is 0 Å². The number of phenolic OH excluding ortho intramolecular Hbond substituents is 1. The Morgan fingerprint density at radius 3 is 2.78 bits per heavy atom. The topological polar surface area (TPSA) is 23.5 Å². The average molecular weight is 334 g/mol. The smallest absolute Gasteiger partial charge is 0.142 e. The summed E-state index contributed by atoms with van der Waals surface area (Å²) >= 11 is 5.76. The fourth-order valence-corrected chi connectivity index (χ4v) is 3.51. The van der Waals surface area contributed by atoms with E-state index in [1.165, 1.54) is 30.7 Å². The van der Waals surface area contributed by atoms with Crippen molar-refractivity contribution in [3.8, 4) is 5.75 Å². The Bertz CT molecular complexity index is 704. The van der Waals surface area contributed by atoms with Crippen LogP contribution in [-0.4, -0.2) is 18.2 Å². The van der Waals surface area contributed by atoms with Gasteiger partial charge in [0.15, 0.2) is 0 Å². The third-order valence-electron chi connectivity index (χ3n) is 4.53. The number of unbranched alkanes of at least 4 members (excludes halogenated alkanes) is 2. The van der Waals surface area contributed by atoms with E-state index in [-0.39, 0.29) is 16.7 Å². The maximum absolute atomic E-state index is 13.9. The lowest BCUT2D eigenvalue weighted by Gasteiger charge is -2.20. The zero-order valence-electron chi connectivity index (χ0n) is 13.2. The minimum absolute atomic E-state index is 0.0282. The number of para-hydroxylation sites is 1. The zero-order chi connectivity index (χ0) is 16.4. The summed E-state index contributed by atoms with van der Waals surface area (Å²) in [4.78, 5) is 2.33. The van der Waals surface area contributed by atoms with Gasteiger partial charge in [-0.15, -0.1) is 0 Å². The second kappa shape index (κ2) is 6.79. The number of aromatic hydroxyl groups is 1. The van der Waals surface area contributed by atoms with Gasteiger partial charge < -0.3 is 10.0 Å². The van der Waals surface area contributed by atoms with Gasteiger partial charge in [-0.1, -0.05) is 49.6 Å². The highest BCUT2D eigenvalue weighted by atomic mass is 35.5. The zero-order valence-corrected chi connectivity index (χ0v) is 14.0. The molecule has 1 aliphatic rings. The van der Waals surface area contributed by atoms with Gasteiger partial charge in [0.2, 0.25) is 0 Å². The first-order valence-electron chi connectivity index (χ1n) is 8.13. The SMILES string of the molecule is CCCCCN1CC(c2cc(F)c(Cl)cc2O)c2ccccc21. The summed E-state index contributed by atoms with van der Waals surface area (Å²) in [6, 6.07) is 10.8. The van der Waals surface area contributed by atoms with Crippen molar-refractivity contribution in [3.05, 3.63) is 58.4 Å². The average Bonchev–Trinajstić information content (AvgIpc) is 2.90. The van der Waals surface area contributed by atoms with E-state index in [4.69, 9.17) is 11.6 Å². The molecule has 3 rings (SSSR count). The molecule has 0 bridgehead atoms. The third-order valence-corrected chi connectivity index (χ3v) is 4.82. The van der Waals surface area contributed by atoms with Crippen molar-refractivity contribution < 1.29 is 9.50 Å². The fraction of sp³-hybridized carbons (Fsp3) is 0.368. The number of anilines is 1. The minimum Gasteiger partial charge on any atom is -0.508 e. The quantitative estimate of drug-likeness (QED) is 0.748. The van der Waals surface area contributed by atoms with E-state index in [9.17, 15) is 9.50 Å². The number of fused-ring (bicyclic) bond motifs is 1. The molecule has 0 saturated heterocycles. The van der Waals surface area contributed by atoms with E-state index in [1.54, 1.807) is 0 Å². The maximum Gasteiger partial charge on any atom is 0.142 e. The summed E-state index contributed by atoms with van der Waals surface area (Å²) in [7, 11) is 0. The molecule has 2 aromatic carbocycles. The molecule has 122 valence electrons. The molecule has 1 atom stereocenters. The second-order valence-corrected chi connectivity index (χ2v) is 6.50. The highest BCUT2D eigenvalue weighted by molar-refractivity contribution is 6.30. The predicted molar refractivity (Wildman–Crippen MR) is 93.1 cm³/mol. The molecule has 0 spiro atoms. The third kappa shape index (κ3) is 3.16. The van der Waals surface area contributed by atoms with Crippen LogP contribution in [0.15, 0.2) is 36.4 Å². The molecule has 1 unspecified atom stereocenters. The summed E-state index contributed by atoms with van der Waals surface area (Å²) in [6.45, 7) is 3.94. The number of hydrogen-bond acceptors (Lipinski definition) is 2. The van der Waals surface area contributed by atoms with Gasteiger partial charge in [-0.25, -0.2) is 4.39 Å². The van der Waals surface area contributed by atoms with E-state index >= 15 is 0 Å². The number of benzene rings is 2. The van der Waals surface area contributed by atoms with Crippen LogP contribution in [0.2, 0.25) is 5.02 Å². The Balaban J connectivity index is 1.94. The van der Waals surface area contributed by atoms with Crippen LogP contribution < -0.4 is 4.90 Å². The molecule has 4 heteroatoms. The molecule has 0 saturated carbocycles. The molecule has 1 aliphatic heterocycles. The summed E-state index contributed by atoms with van der Waals surface area (Å²) < 4.78 is 13.9. The van der Waals surface area contributed by atoms with Crippen molar-refractivity contribution in [2.45, 2.75) is 32.1 Å². The second-order valence-electron chi connectivity index (χ2n) is 6.09. The number of phenols is 1. The number of nitrogens with zero attached hydrogens (tertiary/aromatic N) is 1. The minimum atomic E-state index is -0.485. The lowest BCUT2D eigenvalue weighted by Crippen LogP contribution is -2.23.